The van der Waals surface area contributed by atoms with Crippen LogP contribution >= 0.6 is 11.6 Å². The van der Waals surface area contributed by atoms with Gasteiger partial charge in [-0.05, 0) is 42.0 Å². The molecule has 100 valence electrons. The SMILES string of the molecule is FC(F)(F)c1ccc(NCc2ccc(Cl)cc2)cc1. The first-order valence-electron chi connectivity index (χ1n) is 5.61. The maximum absolute atomic E-state index is 12.4. The average molecular weight is 286 g/mol. The molecule has 0 saturated heterocycles. The Balaban J connectivity index is 1.98. The fraction of sp³-hybridized carbons (Fsp3) is 0.143. The van der Waals surface area contributed by atoms with Gasteiger partial charge in [-0.3, -0.25) is 0 Å². The summed E-state index contributed by atoms with van der Waals surface area (Å²) in [7, 11) is 0. The lowest BCUT2D eigenvalue weighted by Gasteiger charge is -2.09. The van der Waals surface area contributed by atoms with E-state index in [-0.39, 0.29) is 0 Å². The van der Waals surface area contributed by atoms with Crippen LogP contribution in [0.15, 0.2) is 48.5 Å². The zero-order valence-corrected chi connectivity index (χ0v) is 10.6. The second-order valence-electron chi connectivity index (χ2n) is 4.06. The molecule has 0 radical (unpaired) electrons. The van der Waals surface area contributed by atoms with Gasteiger partial charge in [0.1, 0.15) is 0 Å². The van der Waals surface area contributed by atoms with Gasteiger partial charge in [-0.1, -0.05) is 23.7 Å². The molecule has 0 saturated carbocycles. The maximum atomic E-state index is 12.4. The van der Waals surface area contributed by atoms with Crippen LogP contribution in [0, 0.1) is 0 Å². The number of rotatable bonds is 3. The molecule has 2 rings (SSSR count). The summed E-state index contributed by atoms with van der Waals surface area (Å²) in [6, 6.07) is 12.2. The van der Waals surface area contributed by atoms with E-state index in [9.17, 15) is 13.2 Å². The number of hydrogen-bond acceptors (Lipinski definition) is 1. The Morgan fingerprint density at radius 2 is 1.47 bits per heavy atom. The standard InChI is InChI=1S/C14H11ClF3N/c15-12-5-1-10(2-6-12)9-19-13-7-3-11(4-8-13)14(16,17)18/h1-8,19H,9H2. The van der Waals surface area contributed by atoms with E-state index in [0.717, 1.165) is 17.7 Å². The molecule has 5 heteroatoms. The molecule has 0 aliphatic rings. The minimum absolute atomic E-state index is 0.530. The summed E-state index contributed by atoms with van der Waals surface area (Å²) >= 11 is 5.76. The number of halogens is 4. The summed E-state index contributed by atoms with van der Waals surface area (Å²) in [4.78, 5) is 0. The molecule has 19 heavy (non-hydrogen) atoms. The molecule has 1 nitrogen and oxygen atoms in total. The van der Waals surface area contributed by atoms with Crippen LogP contribution in [0.3, 0.4) is 0 Å². The molecule has 0 fully saturated rings. The van der Waals surface area contributed by atoms with E-state index in [2.05, 4.69) is 5.32 Å². The van der Waals surface area contributed by atoms with Gasteiger partial charge < -0.3 is 5.32 Å². The highest BCUT2D eigenvalue weighted by atomic mass is 35.5. The van der Waals surface area contributed by atoms with Gasteiger partial charge in [-0.2, -0.15) is 13.2 Å². The topological polar surface area (TPSA) is 12.0 Å². The molecule has 0 amide bonds. The Bertz CT molecular complexity index is 532. The minimum Gasteiger partial charge on any atom is -0.381 e. The van der Waals surface area contributed by atoms with Crippen molar-refractivity contribution in [1.82, 2.24) is 0 Å². The Hall–Kier alpha value is -1.68. The van der Waals surface area contributed by atoms with E-state index in [1.807, 2.05) is 12.1 Å². The van der Waals surface area contributed by atoms with E-state index in [1.54, 1.807) is 12.1 Å². The van der Waals surface area contributed by atoms with Crippen molar-refractivity contribution in [2.45, 2.75) is 12.7 Å². The van der Waals surface area contributed by atoms with Gasteiger partial charge in [0.05, 0.1) is 5.56 Å². The fourth-order valence-electron chi connectivity index (χ4n) is 1.58. The molecule has 0 aliphatic carbocycles. The first-order valence-corrected chi connectivity index (χ1v) is 5.98. The number of alkyl halides is 3. The molecule has 0 heterocycles. The molecular formula is C14H11ClF3N. The van der Waals surface area contributed by atoms with Gasteiger partial charge >= 0.3 is 6.18 Å². The third-order valence-electron chi connectivity index (χ3n) is 2.62. The Morgan fingerprint density at radius 1 is 0.895 bits per heavy atom. The smallest absolute Gasteiger partial charge is 0.381 e. The van der Waals surface area contributed by atoms with E-state index >= 15 is 0 Å². The van der Waals surface area contributed by atoms with Crippen LogP contribution in [-0.2, 0) is 12.7 Å². The monoisotopic (exact) mass is 285 g/mol. The summed E-state index contributed by atoms with van der Waals surface area (Å²) in [5.74, 6) is 0. The van der Waals surface area contributed by atoms with Crippen LogP contribution in [0.25, 0.3) is 0 Å². The first-order chi connectivity index (χ1) is 8.95. The third kappa shape index (κ3) is 3.89. The van der Waals surface area contributed by atoms with Crippen LogP contribution in [0.4, 0.5) is 18.9 Å². The lowest BCUT2D eigenvalue weighted by atomic mass is 10.2. The van der Waals surface area contributed by atoms with Crippen molar-refractivity contribution in [2.75, 3.05) is 5.32 Å². The molecule has 1 N–H and O–H groups in total. The molecule has 0 aromatic heterocycles. The van der Waals surface area contributed by atoms with Gasteiger partial charge in [0.25, 0.3) is 0 Å². The quantitative estimate of drug-likeness (QED) is 0.839. The minimum atomic E-state index is -4.30. The van der Waals surface area contributed by atoms with Crippen LogP contribution in [-0.4, -0.2) is 0 Å². The highest BCUT2D eigenvalue weighted by molar-refractivity contribution is 6.30. The summed E-state index contributed by atoms with van der Waals surface area (Å²) < 4.78 is 37.1. The Kier molecular flexibility index (Phi) is 4.00. The van der Waals surface area contributed by atoms with Crippen molar-refractivity contribution >= 4 is 17.3 Å². The second-order valence-corrected chi connectivity index (χ2v) is 4.49. The number of hydrogen-bond donors (Lipinski definition) is 1. The molecule has 0 aliphatic heterocycles. The van der Waals surface area contributed by atoms with Crippen LogP contribution in [0.2, 0.25) is 5.02 Å². The fourth-order valence-corrected chi connectivity index (χ4v) is 1.71. The zero-order valence-electron chi connectivity index (χ0n) is 9.84. The van der Waals surface area contributed by atoms with Crippen molar-refractivity contribution in [1.29, 1.82) is 0 Å². The molecule has 0 spiro atoms. The maximum Gasteiger partial charge on any atom is 0.416 e. The predicted octanol–water partition coefficient (Wildman–Crippen LogP) is 4.97. The van der Waals surface area contributed by atoms with E-state index < -0.39 is 11.7 Å². The van der Waals surface area contributed by atoms with Crippen LogP contribution in [0.1, 0.15) is 11.1 Å². The Labute approximate surface area is 114 Å². The van der Waals surface area contributed by atoms with Crippen molar-refractivity contribution in [2.24, 2.45) is 0 Å². The normalized spacial score (nSPS) is 11.4. The predicted molar refractivity (Wildman–Crippen MR) is 70.2 cm³/mol. The molecular weight excluding hydrogens is 275 g/mol. The lowest BCUT2D eigenvalue weighted by Crippen LogP contribution is -2.05. The molecule has 0 unspecified atom stereocenters. The summed E-state index contributed by atoms with van der Waals surface area (Å²) in [6.07, 6.45) is -4.30. The second kappa shape index (κ2) is 5.53. The largest absolute Gasteiger partial charge is 0.416 e. The van der Waals surface area contributed by atoms with Gasteiger partial charge in [-0.25, -0.2) is 0 Å². The van der Waals surface area contributed by atoms with Gasteiger partial charge in [0.2, 0.25) is 0 Å². The van der Waals surface area contributed by atoms with Crippen molar-refractivity contribution in [3.8, 4) is 0 Å². The van der Waals surface area contributed by atoms with Crippen molar-refractivity contribution in [3.63, 3.8) is 0 Å². The lowest BCUT2D eigenvalue weighted by molar-refractivity contribution is -0.137. The molecule has 0 atom stereocenters. The number of nitrogens with one attached hydrogen (secondary N) is 1. The highest BCUT2D eigenvalue weighted by Crippen LogP contribution is 2.29. The van der Waals surface area contributed by atoms with Crippen molar-refractivity contribution in [3.05, 3.63) is 64.7 Å². The number of benzene rings is 2. The van der Waals surface area contributed by atoms with E-state index in [0.29, 0.717) is 17.3 Å². The van der Waals surface area contributed by atoms with E-state index in [1.165, 1.54) is 12.1 Å². The third-order valence-corrected chi connectivity index (χ3v) is 2.87. The van der Waals surface area contributed by atoms with Crippen LogP contribution < -0.4 is 5.32 Å². The molecule has 0 bridgehead atoms. The molecule has 2 aromatic carbocycles. The van der Waals surface area contributed by atoms with Crippen LogP contribution in [0.5, 0.6) is 0 Å². The van der Waals surface area contributed by atoms with Gasteiger partial charge in [0.15, 0.2) is 0 Å². The van der Waals surface area contributed by atoms with Gasteiger partial charge in [0, 0.05) is 17.3 Å². The number of anilines is 1. The van der Waals surface area contributed by atoms with Gasteiger partial charge in [-0.15, -0.1) is 0 Å². The average Bonchev–Trinajstić information content (AvgIpc) is 2.37. The van der Waals surface area contributed by atoms with Crippen molar-refractivity contribution < 1.29 is 13.2 Å². The Morgan fingerprint density at radius 3 is 2.00 bits per heavy atom. The summed E-state index contributed by atoms with van der Waals surface area (Å²) in [6.45, 7) is 0.530. The highest BCUT2D eigenvalue weighted by Gasteiger charge is 2.29. The first kappa shape index (κ1) is 13.7. The van der Waals surface area contributed by atoms with E-state index in [4.69, 9.17) is 11.6 Å². The molecule has 2 aromatic rings. The summed E-state index contributed by atoms with van der Waals surface area (Å²) in [5.41, 5.74) is 0.997. The summed E-state index contributed by atoms with van der Waals surface area (Å²) in [5, 5.41) is 3.70. The zero-order chi connectivity index (χ0) is 13.9.